The number of benzene rings is 2. The van der Waals surface area contributed by atoms with Crippen LogP contribution in [-0.4, -0.2) is 5.11 Å². The molecule has 82 valence electrons. The average molecular weight is 212 g/mol. The normalized spacial score (nSPS) is 12.3. The van der Waals surface area contributed by atoms with Crippen molar-refractivity contribution < 1.29 is 5.11 Å². The maximum atomic E-state index is 9.71. The fourth-order valence-electron chi connectivity index (χ4n) is 1.91. The molecule has 16 heavy (non-hydrogen) atoms. The van der Waals surface area contributed by atoms with Crippen molar-refractivity contribution in [3.8, 4) is 5.75 Å². The van der Waals surface area contributed by atoms with E-state index in [4.69, 9.17) is 0 Å². The molecule has 2 rings (SSSR count). The molecule has 0 aromatic heterocycles. The third kappa shape index (κ3) is 2.43. The minimum atomic E-state index is 0.394. The average Bonchev–Trinajstić information content (AvgIpc) is 2.33. The van der Waals surface area contributed by atoms with Crippen molar-refractivity contribution in [1.29, 1.82) is 0 Å². The Balaban J connectivity index is 2.14. The predicted octanol–water partition coefficient (Wildman–Crippen LogP) is 3.74. The summed E-state index contributed by atoms with van der Waals surface area (Å²) in [7, 11) is 0. The Bertz CT molecular complexity index is 448. The minimum Gasteiger partial charge on any atom is -0.508 e. The molecule has 0 saturated carbocycles. The quantitative estimate of drug-likeness (QED) is 0.821. The van der Waals surface area contributed by atoms with E-state index in [1.165, 1.54) is 5.56 Å². The molecule has 1 heteroatoms. The Morgan fingerprint density at radius 3 is 2.25 bits per heavy atom. The van der Waals surface area contributed by atoms with E-state index in [1.807, 2.05) is 24.3 Å². The number of phenols is 1. The topological polar surface area (TPSA) is 20.2 Å². The van der Waals surface area contributed by atoms with Crippen molar-refractivity contribution >= 4 is 0 Å². The summed E-state index contributed by atoms with van der Waals surface area (Å²) in [4.78, 5) is 0. The SMILES string of the molecule is C[C@H](Cc1ccccc1O)c1ccccc1. The van der Waals surface area contributed by atoms with E-state index in [1.54, 1.807) is 6.07 Å². The smallest absolute Gasteiger partial charge is 0.118 e. The van der Waals surface area contributed by atoms with E-state index in [0.717, 1.165) is 12.0 Å². The lowest BCUT2D eigenvalue weighted by atomic mass is 9.93. The lowest BCUT2D eigenvalue weighted by Crippen LogP contribution is -1.98. The largest absolute Gasteiger partial charge is 0.508 e. The lowest BCUT2D eigenvalue weighted by Gasteiger charge is -2.12. The Morgan fingerprint density at radius 1 is 0.938 bits per heavy atom. The summed E-state index contributed by atoms with van der Waals surface area (Å²) in [6.07, 6.45) is 0.872. The molecule has 2 aromatic rings. The maximum absolute atomic E-state index is 9.71. The van der Waals surface area contributed by atoms with Gasteiger partial charge in [0.2, 0.25) is 0 Å². The van der Waals surface area contributed by atoms with Crippen LogP contribution in [0.5, 0.6) is 5.75 Å². The Kier molecular flexibility index (Phi) is 3.25. The molecule has 0 aliphatic heterocycles. The number of phenolic OH excluding ortho intramolecular Hbond substituents is 1. The van der Waals surface area contributed by atoms with Gasteiger partial charge in [-0.25, -0.2) is 0 Å². The zero-order chi connectivity index (χ0) is 11.4. The molecule has 0 radical (unpaired) electrons. The first-order chi connectivity index (χ1) is 7.77. The van der Waals surface area contributed by atoms with Gasteiger partial charge in [-0.1, -0.05) is 55.5 Å². The van der Waals surface area contributed by atoms with Gasteiger partial charge in [0, 0.05) is 0 Å². The van der Waals surface area contributed by atoms with E-state index in [-0.39, 0.29) is 0 Å². The summed E-state index contributed by atoms with van der Waals surface area (Å²) >= 11 is 0. The van der Waals surface area contributed by atoms with Crippen molar-refractivity contribution in [2.45, 2.75) is 19.3 Å². The molecule has 0 aliphatic carbocycles. The summed E-state index contributed by atoms with van der Waals surface area (Å²) in [5.41, 5.74) is 2.32. The highest BCUT2D eigenvalue weighted by molar-refractivity contribution is 5.34. The lowest BCUT2D eigenvalue weighted by molar-refractivity contribution is 0.466. The number of aromatic hydroxyl groups is 1. The third-order valence-electron chi connectivity index (χ3n) is 2.89. The van der Waals surface area contributed by atoms with Gasteiger partial charge in [0.1, 0.15) is 5.75 Å². The van der Waals surface area contributed by atoms with Gasteiger partial charge >= 0.3 is 0 Å². The van der Waals surface area contributed by atoms with Crippen LogP contribution in [0.25, 0.3) is 0 Å². The predicted molar refractivity (Wildman–Crippen MR) is 66.7 cm³/mol. The van der Waals surface area contributed by atoms with Crippen molar-refractivity contribution in [3.63, 3.8) is 0 Å². The maximum Gasteiger partial charge on any atom is 0.118 e. The first kappa shape index (κ1) is 10.7. The first-order valence-electron chi connectivity index (χ1n) is 5.59. The van der Waals surface area contributed by atoms with E-state index in [9.17, 15) is 5.11 Å². The highest BCUT2D eigenvalue weighted by atomic mass is 16.3. The zero-order valence-electron chi connectivity index (χ0n) is 9.43. The molecule has 1 atom stereocenters. The van der Waals surface area contributed by atoms with Crippen LogP contribution in [0.3, 0.4) is 0 Å². The van der Waals surface area contributed by atoms with E-state index < -0.39 is 0 Å². The highest BCUT2D eigenvalue weighted by Crippen LogP contribution is 2.24. The monoisotopic (exact) mass is 212 g/mol. The summed E-state index contributed by atoms with van der Waals surface area (Å²) < 4.78 is 0. The highest BCUT2D eigenvalue weighted by Gasteiger charge is 2.08. The number of hydrogen-bond acceptors (Lipinski definition) is 1. The van der Waals surface area contributed by atoms with Gasteiger partial charge in [0.15, 0.2) is 0 Å². The molecular formula is C15H16O. The summed E-state index contributed by atoms with van der Waals surface area (Å²) in [5.74, 6) is 0.819. The molecule has 0 saturated heterocycles. The fourth-order valence-corrected chi connectivity index (χ4v) is 1.91. The van der Waals surface area contributed by atoms with Gasteiger partial charge in [-0.05, 0) is 29.5 Å². The van der Waals surface area contributed by atoms with Crippen LogP contribution in [0, 0.1) is 0 Å². The van der Waals surface area contributed by atoms with Crippen LogP contribution in [0.1, 0.15) is 24.0 Å². The van der Waals surface area contributed by atoms with Gasteiger partial charge in [-0.3, -0.25) is 0 Å². The molecular weight excluding hydrogens is 196 g/mol. The molecule has 0 heterocycles. The van der Waals surface area contributed by atoms with E-state index >= 15 is 0 Å². The molecule has 0 aliphatic rings. The molecule has 0 amide bonds. The van der Waals surface area contributed by atoms with Gasteiger partial charge < -0.3 is 5.11 Å². The Hall–Kier alpha value is -1.76. The van der Waals surface area contributed by atoms with Crippen molar-refractivity contribution in [1.82, 2.24) is 0 Å². The van der Waals surface area contributed by atoms with Gasteiger partial charge in [-0.2, -0.15) is 0 Å². The summed E-state index contributed by atoms with van der Waals surface area (Å²) in [6.45, 7) is 2.18. The van der Waals surface area contributed by atoms with Crippen LogP contribution in [-0.2, 0) is 6.42 Å². The third-order valence-corrected chi connectivity index (χ3v) is 2.89. The van der Waals surface area contributed by atoms with Crippen LogP contribution in [0.4, 0.5) is 0 Å². The van der Waals surface area contributed by atoms with E-state index in [2.05, 4.69) is 31.2 Å². The van der Waals surface area contributed by atoms with Crippen molar-refractivity contribution in [3.05, 3.63) is 65.7 Å². The van der Waals surface area contributed by atoms with Crippen LogP contribution < -0.4 is 0 Å². The number of para-hydroxylation sites is 1. The van der Waals surface area contributed by atoms with Crippen LogP contribution >= 0.6 is 0 Å². The molecule has 0 fully saturated rings. The second-order valence-electron chi connectivity index (χ2n) is 4.14. The second-order valence-corrected chi connectivity index (χ2v) is 4.14. The fraction of sp³-hybridized carbons (Fsp3) is 0.200. The Morgan fingerprint density at radius 2 is 1.56 bits per heavy atom. The van der Waals surface area contributed by atoms with Crippen molar-refractivity contribution in [2.24, 2.45) is 0 Å². The van der Waals surface area contributed by atoms with Gasteiger partial charge in [0.25, 0.3) is 0 Å². The van der Waals surface area contributed by atoms with Crippen LogP contribution in [0.2, 0.25) is 0 Å². The van der Waals surface area contributed by atoms with Gasteiger partial charge in [0.05, 0.1) is 0 Å². The molecule has 2 aromatic carbocycles. The molecule has 0 bridgehead atoms. The zero-order valence-corrected chi connectivity index (χ0v) is 9.43. The van der Waals surface area contributed by atoms with Crippen LogP contribution in [0.15, 0.2) is 54.6 Å². The molecule has 0 spiro atoms. The second kappa shape index (κ2) is 4.84. The summed E-state index contributed by atoms with van der Waals surface area (Å²) in [5, 5.41) is 9.71. The molecule has 0 unspecified atom stereocenters. The minimum absolute atomic E-state index is 0.394. The number of rotatable bonds is 3. The van der Waals surface area contributed by atoms with Crippen molar-refractivity contribution in [2.75, 3.05) is 0 Å². The standard InChI is InChI=1S/C15H16O/c1-12(13-7-3-2-4-8-13)11-14-9-5-6-10-15(14)16/h2-10,12,16H,11H2,1H3/t12-/m1/s1. The summed E-state index contributed by atoms with van der Waals surface area (Å²) in [6, 6.07) is 17.9. The Labute approximate surface area is 96.4 Å². The first-order valence-corrected chi connectivity index (χ1v) is 5.59. The number of hydrogen-bond donors (Lipinski definition) is 1. The molecule has 1 N–H and O–H groups in total. The van der Waals surface area contributed by atoms with Gasteiger partial charge in [-0.15, -0.1) is 0 Å². The molecule has 1 nitrogen and oxygen atoms in total. The van der Waals surface area contributed by atoms with E-state index in [0.29, 0.717) is 11.7 Å².